The Balaban J connectivity index is 2.11. The molecule has 0 amide bonds. The zero-order valence-corrected chi connectivity index (χ0v) is 13.7. The van der Waals surface area contributed by atoms with Crippen LogP contribution in [0.5, 0.6) is 5.75 Å². The molecule has 0 bridgehead atoms. The average Bonchev–Trinajstić information content (AvgIpc) is 2.44. The molecule has 4 heteroatoms. The standard InChI is InChI=1S/C16H17BrClNO/c1-2-19-10-13-6-4-8-15(18)16(13)20-11-12-5-3-7-14(17)9-12/h3-9,19H,2,10-11H2,1H3. The Labute approximate surface area is 133 Å². The highest BCUT2D eigenvalue weighted by atomic mass is 79.9. The monoisotopic (exact) mass is 353 g/mol. The number of hydrogen-bond acceptors (Lipinski definition) is 2. The van der Waals surface area contributed by atoms with Crippen molar-refractivity contribution >= 4 is 27.5 Å². The van der Waals surface area contributed by atoms with Crippen molar-refractivity contribution in [1.29, 1.82) is 0 Å². The van der Waals surface area contributed by atoms with Gasteiger partial charge in [-0.3, -0.25) is 0 Å². The number of nitrogens with one attached hydrogen (secondary N) is 1. The van der Waals surface area contributed by atoms with Gasteiger partial charge in [-0.1, -0.05) is 58.7 Å². The maximum Gasteiger partial charge on any atom is 0.142 e. The Morgan fingerprint density at radius 3 is 2.75 bits per heavy atom. The molecule has 0 heterocycles. The summed E-state index contributed by atoms with van der Waals surface area (Å²) in [5.41, 5.74) is 2.18. The van der Waals surface area contributed by atoms with E-state index in [1.807, 2.05) is 42.5 Å². The van der Waals surface area contributed by atoms with Crippen LogP contribution in [-0.2, 0) is 13.2 Å². The highest BCUT2D eigenvalue weighted by molar-refractivity contribution is 9.10. The molecule has 0 saturated carbocycles. The molecule has 0 aliphatic carbocycles. The molecule has 106 valence electrons. The van der Waals surface area contributed by atoms with E-state index in [9.17, 15) is 0 Å². The lowest BCUT2D eigenvalue weighted by Crippen LogP contribution is -2.13. The quantitative estimate of drug-likeness (QED) is 0.805. The van der Waals surface area contributed by atoms with E-state index in [2.05, 4.69) is 28.2 Å². The van der Waals surface area contributed by atoms with Gasteiger partial charge in [0.2, 0.25) is 0 Å². The first kappa shape index (κ1) is 15.4. The molecule has 2 nitrogen and oxygen atoms in total. The van der Waals surface area contributed by atoms with Crippen molar-refractivity contribution in [3.63, 3.8) is 0 Å². The molecule has 2 rings (SSSR count). The van der Waals surface area contributed by atoms with Crippen LogP contribution in [0.25, 0.3) is 0 Å². The summed E-state index contributed by atoms with van der Waals surface area (Å²) >= 11 is 9.70. The second kappa shape index (κ2) is 7.67. The molecule has 1 N–H and O–H groups in total. The summed E-state index contributed by atoms with van der Waals surface area (Å²) in [6.45, 7) is 4.25. The maximum absolute atomic E-state index is 6.24. The molecule has 0 aromatic heterocycles. The van der Waals surface area contributed by atoms with Gasteiger partial charge in [0.05, 0.1) is 5.02 Å². The van der Waals surface area contributed by atoms with Gasteiger partial charge in [-0.05, 0) is 30.3 Å². The minimum absolute atomic E-state index is 0.502. The molecule has 0 spiro atoms. The molecule has 0 radical (unpaired) electrons. The molecule has 0 atom stereocenters. The van der Waals surface area contributed by atoms with Crippen LogP contribution < -0.4 is 10.1 Å². The normalized spacial score (nSPS) is 10.6. The van der Waals surface area contributed by atoms with E-state index in [-0.39, 0.29) is 0 Å². The van der Waals surface area contributed by atoms with Crippen LogP contribution in [0, 0.1) is 0 Å². The summed E-state index contributed by atoms with van der Waals surface area (Å²) < 4.78 is 6.96. The smallest absolute Gasteiger partial charge is 0.142 e. The van der Waals surface area contributed by atoms with Crippen LogP contribution in [0.1, 0.15) is 18.1 Å². The first-order valence-electron chi connectivity index (χ1n) is 6.56. The van der Waals surface area contributed by atoms with Gasteiger partial charge in [-0.15, -0.1) is 0 Å². The molecule has 2 aromatic rings. The SMILES string of the molecule is CCNCc1cccc(Cl)c1OCc1cccc(Br)c1. The number of para-hydroxylation sites is 1. The fraction of sp³-hybridized carbons (Fsp3) is 0.250. The van der Waals surface area contributed by atoms with Crippen molar-refractivity contribution < 1.29 is 4.74 Å². The largest absolute Gasteiger partial charge is 0.487 e. The lowest BCUT2D eigenvalue weighted by atomic mass is 10.2. The number of ether oxygens (including phenoxy) is 1. The highest BCUT2D eigenvalue weighted by Crippen LogP contribution is 2.29. The number of benzene rings is 2. The van der Waals surface area contributed by atoms with Crippen LogP contribution in [0.2, 0.25) is 5.02 Å². The van der Waals surface area contributed by atoms with Crippen molar-refractivity contribution in [2.24, 2.45) is 0 Å². The predicted octanol–water partition coefficient (Wildman–Crippen LogP) is 4.79. The summed E-state index contributed by atoms with van der Waals surface area (Å²) in [7, 11) is 0. The van der Waals surface area contributed by atoms with E-state index < -0.39 is 0 Å². The number of rotatable bonds is 6. The zero-order chi connectivity index (χ0) is 14.4. The molecule has 0 unspecified atom stereocenters. The predicted molar refractivity (Wildman–Crippen MR) is 87.3 cm³/mol. The fourth-order valence-corrected chi connectivity index (χ4v) is 2.59. The highest BCUT2D eigenvalue weighted by Gasteiger charge is 2.08. The van der Waals surface area contributed by atoms with E-state index in [1.165, 1.54) is 0 Å². The van der Waals surface area contributed by atoms with E-state index in [0.717, 1.165) is 34.4 Å². The van der Waals surface area contributed by atoms with Crippen LogP contribution in [0.4, 0.5) is 0 Å². The first-order chi connectivity index (χ1) is 9.70. The topological polar surface area (TPSA) is 21.3 Å². The van der Waals surface area contributed by atoms with Crippen LogP contribution in [0.3, 0.4) is 0 Å². The van der Waals surface area contributed by atoms with Gasteiger partial charge >= 0.3 is 0 Å². The van der Waals surface area contributed by atoms with Gasteiger partial charge in [-0.2, -0.15) is 0 Å². The molecule has 2 aromatic carbocycles. The average molecular weight is 355 g/mol. The van der Waals surface area contributed by atoms with Crippen molar-refractivity contribution in [3.8, 4) is 5.75 Å². The Morgan fingerprint density at radius 1 is 1.20 bits per heavy atom. The molecular weight excluding hydrogens is 338 g/mol. The van der Waals surface area contributed by atoms with E-state index >= 15 is 0 Å². The van der Waals surface area contributed by atoms with Crippen molar-refractivity contribution in [1.82, 2.24) is 5.32 Å². The summed E-state index contributed by atoms with van der Waals surface area (Å²) in [6.07, 6.45) is 0. The van der Waals surface area contributed by atoms with Gasteiger partial charge in [-0.25, -0.2) is 0 Å². The van der Waals surface area contributed by atoms with Crippen molar-refractivity contribution in [2.75, 3.05) is 6.54 Å². The summed E-state index contributed by atoms with van der Waals surface area (Å²) in [4.78, 5) is 0. The van der Waals surface area contributed by atoms with Crippen LogP contribution >= 0.6 is 27.5 Å². The van der Waals surface area contributed by atoms with Gasteiger partial charge in [0.25, 0.3) is 0 Å². The number of halogens is 2. The van der Waals surface area contributed by atoms with Gasteiger partial charge in [0.1, 0.15) is 12.4 Å². The summed E-state index contributed by atoms with van der Waals surface area (Å²) in [5, 5.41) is 3.94. The van der Waals surface area contributed by atoms with Gasteiger partial charge < -0.3 is 10.1 Å². The maximum atomic E-state index is 6.24. The van der Waals surface area contributed by atoms with Gasteiger partial charge in [0.15, 0.2) is 0 Å². The third-order valence-corrected chi connectivity index (χ3v) is 3.68. The molecule has 0 aliphatic rings. The Hall–Kier alpha value is -1.03. The third kappa shape index (κ3) is 4.23. The first-order valence-corrected chi connectivity index (χ1v) is 7.73. The third-order valence-electron chi connectivity index (χ3n) is 2.89. The van der Waals surface area contributed by atoms with Crippen molar-refractivity contribution in [2.45, 2.75) is 20.1 Å². The molecule has 20 heavy (non-hydrogen) atoms. The minimum Gasteiger partial charge on any atom is -0.487 e. The Bertz CT molecular complexity index is 574. The van der Waals surface area contributed by atoms with Crippen LogP contribution in [-0.4, -0.2) is 6.54 Å². The second-order valence-electron chi connectivity index (χ2n) is 4.43. The molecule has 0 aliphatic heterocycles. The fourth-order valence-electron chi connectivity index (χ4n) is 1.90. The van der Waals surface area contributed by atoms with Gasteiger partial charge in [0, 0.05) is 16.6 Å². The lowest BCUT2D eigenvalue weighted by molar-refractivity contribution is 0.302. The molecular formula is C16H17BrClNO. The minimum atomic E-state index is 0.502. The van der Waals surface area contributed by atoms with Crippen LogP contribution in [0.15, 0.2) is 46.9 Å². The van der Waals surface area contributed by atoms with E-state index in [4.69, 9.17) is 16.3 Å². The Morgan fingerprint density at radius 2 is 2.00 bits per heavy atom. The second-order valence-corrected chi connectivity index (χ2v) is 5.75. The Kier molecular flexibility index (Phi) is 5.89. The molecule has 0 saturated heterocycles. The van der Waals surface area contributed by atoms with E-state index in [0.29, 0.717) is 11.6 Å². The molecule has 0 fully saturated rings. The summed E-state index contributed by atoms with van der Waals surface area (Å²) in [6, 6.07) is 13.9. The van der Waals surface area contributed by atoms with E-state index in [1.54, 1.807) is 0 Å². The number of hydrogen-bond donors (Lipinski definition) is 1. The van der Waals surface area contributed by atoms with Crippen molar-refractivity contribution in [3.05, 3.63) is 63.1 Å². The summed E-state index contributed by atoms with van der Waals surface area (Å²) in [5.74, 6) is 0.759. The zero-order valence-electron chi connectivity index (χ0n) is 11.3. The lowest BCUT2D eigenvalue weighted by Gasteiger charge is -2.13.